The van der Waals surface area contributed by atoms with Crippen molar-refractivity contribution in [1.29, 1.82) is 0 Å². The molecule has 1 unspecified atom stereocenters. The van der Waals surface area contributed by atoms with Gasteiger partial charge in [0.2, 0.25) is 5.91 Å². The standard InChI is InChI=1S/C15H16N2O2.C11H15NO2/c1-9-7-8-11(10(2)18)14(17-9)12-5-3-4-6-13(12)15(16)19;1-5-12-9-7-11(14-4)10(13-3)6-8(9)2/h3-8,10,18H,1-2H3,(H2,16,19);5-7H,1-4H3. The molecular weight excluding hydrogens is 418 g/mol. The summed E-state index contributed by atoms with van der Waals surface area (Å²) in [6.07, 6.45) is 1.10. The number of nitrogens with two attached hydrogens (primary N) is 1. The van der Waals surface area contributed by atoms with E-state index in [9.17, 15) is 9.90 Å². The van der Waals surface area contributed by atoms with Crippen LogP contribution in [0.4, 0.5) is 5.69 Å². The summed E-state index contributed by atoms with van der Waals surface area (Å²) in [4.78, 5) is 20.2. The van der Waals surface area contributed by atoms with Crippen LogP contribution in [0.25, 0.3) is 11.3 Å². The van der Waals surface area contributed by atoms with Crippen LogP contribution in [-0.4, -0.2) is 36.4 Å². The van der Waals surface area contributed by atoms with Gasteiger partial charge in [0.25, 0.3) is 0 Å². The number of pyridine rings is 1. The van der Waals surface area contributed by atoms with Gasteiger partial charge >= 0.3 is 0 Å². The van der Waals surface area contributed by atoms with Crippen molar-refractivity contribution >= 4 is 17.8 Å². The van der Waals surface area contributed by atoms with Crippen molar-refractivity contribution in [3.63, 3.8) is 0 Å². The largest absolute Gasteiger partial charge is 0.493 e. The number of nitrogens with zero attached hydrogens (tertiary/aromatic N) is 2. The Labute approximate surface area is 194 Å². The summed E-state index contributed by atoms with van der Waals surface area (Å²) in [5, 5.41) is 9.83. The lowest BCUT2D eigenvalue weighted by Crippen LogP contribution is -2.13. The number of rotatable bonds is 6. The van der Waals surface area contributed by atoms with E-state index in [2.05, 4.69) is 9.98 Å². The highest BCUT2D eigenvalue weighted by Gasteiger charge is 2.16. The summed E-state index contributed by atoms with van der Waals surface area (Å²) >= 11 is 0. The molecule has 0 bridgehead atoms. The van der Waals surface area contributed by atoms with Crippen LogP contribution in [0.1, 0.15) is 47.1 Å². The number of primary amides is 1. The van der Waals surface area contributed by atoms with Gasteiger partial charge in [0.05, 0.1) is 31.7 Å². The van der Waals surface area contributed by atoms with E-state index < -0.39 is 12.0 Å². The number of aromatic nitrogens is 1. The zero-order valence-corrected chi connectivity index (χ0v) is 19.9. The molecule has 1 heterocycles. The Balaban J connectivity index is 0.000000245. The normalized spacial score (nSPS) is 11.5. The molecule has 1 atom stereocenters. The highest BCUT2D eigenvalue weighted by atomic mass is 16.5. The summed E-state index contributed by atoms with van der Waals surface area (Å²) in [6, 6.07) is 14.5. The first kappa shape index (κ1) is 25.5. The molecule has 2 aromatic carbocycles. The molecule has 174 valence electrons. The molecule has 0 fully saturated rings. The van der Waals surface area contributed by atoms with E-state index in [1.54, 1.807) is 45.6 Å². The van der Waals surface area contributed by atoms with Crippen LogP contribution in [0.2, 0.25) is 0 Å². The fraction of sp³-hybridized carbons (Fsp3) is 0.269. The number of aliphatic imine (C=N–C) groups is 1. The number of carbonyl (C=O) groups is 1. The van der Waals surface area contributed by atoms with Gasteiger partial charge in [-0.2, -0.15) is 0 Å². The number of amides is 1. The third-order valence-corrected chi connectivity index (χ3v) is 4.93. The second kappa shape index (κ2) is 11.8. The Kier molecular flexibility index (Phi) is 9.12. The number of methoxy groups -OCH3 is 2. The second-order valence-electron chi connectivity index (χ2n) is 7.36. The molecular formula is C26H31N3O4. The molecule has 3 N–H and O–H groups in total. The predicted molar refractivity (Wildman–Crippen MR) is 132 cm³/mol. The topological polar surface area (TPSA) is 107 Å². The Morgan fingerprint density at radius 3 is 2.30 bits per heavy atom. The quantitative estimate of drug-likeness (QED) is 0.518. The summed E-state index contributed by atoms with van der Waals surface area (Å²) in [5.41, 5.74) is 10.5. The van der Waals surface area contributed by atoms with Crippen molar-refractivity contribution in [3.05, 3.63) is 70.9 Å². The maximum atomic E-state index is 11.5. The highest BCUT2D eigenvalue weighted by Crippen LogP contribution is 2.34. The molecule has 3 rings (SSSR count). The number of aliphatic hydroxyl groups excluding tert-OH is 1. The van der Waals surface area contributed by atoms with Crippen molar-refractivity contribution in [2.24, 2.45) is 10.7 Å². The van der Waals surface area contributed by atoms with E-state index in [1.807, 2.05) is 51.1 Å². The Bertz CT molecular complexity index is 1140. The van der Waals surface area contributed by atoms with Crippen LogP contribution in [0.5, 0.6) is 11.5 Å². The zero-order valence-electron chi connectivity index (χ0n) is 19.9. The van der Waals surface area contributed by atoms with Crippen molar-refractivity contribution in [3.8, 4) is 22.8 Å². The summed E-state index contributed by atoms with van der Waals surface area (Å²) in [5.74, 6) is 0.939. The van der Waals surface area contributed by atoms with Gasteiger partial charge in [-0.3, -0.25) is 14.8 Å². The van der Waals surface area contributed by atoms with Gasteiger partial charge in [0.1, 0.15) is 0 Å². The molecule has 7 nitrogen and oxygen atoms in total. The third kappa shape index (κ3) is 6.40. The summed E-state index contributed by atoms with van der Waals surface area (Å²) in [6.45, 7) is 7.41. The lowest BCUT2D eigenvalue weighted by atomic mass is 9.97. The van der Waals surface area contributed by atoms with Gasteiger partial charge in [-0.25, -0.2) is 0 Å². The van der Waals surface area contributed by atoms with E-state index >= 15 is 0 Å². The number of hydrogen-bond donors (Lipinski definition) is 2. The highest BCUT2D eigenvalue weighted by molar-refractivity contribution is 5.99. The van der Waals surface area contributed by atoms with Gasteiger partial charge in [0.15, 0.2) is 11.5 Å². The molecule has 1 aromatic heterocycles. The van der Waals surface area contributed by atoms with Crippen molar-refractivity contribution in [2.75, 3.05) is 14.2 Å². The van der Waals surface area contributed by atoms with Gasteiger partial charge < -0.3 is 20.3 Å². The van der Waals surface area contributed by atoms with Crippen LogP contribution in [-0.2, 0) is 0 Å². The van der Waals surface area contributed by atoms with Crippen LogP contribution < -0.4 is 15.2 Å². The van der Waals surface area contributed by atoms with E-state index in [4.69, 9.17) is 15.2 Å². The molecule has 0 aliphatic carbocycles. The summed E-state index contributed by atoms with van der Waals surface area (Å²) in [7, 11) is 3.24. The fourth-order valence-electron chi connectivity index (χ4n) is 3.27. The minimum absolute atomic E-state index is 0.405. The zero-order chi connectivity index (χ0) is 24.5. The molecule has 1 amide bonds. The maximum absolute atomic E-state index is 11.5. The fourth-order valence-corrected chi connectivity index (χ4v) is 3.27. The van der Waals surface area contributed by atoms with Crippen LogP contribution >= 0.6 is 0 Å². The molecule has 0 spiro atoms. The van der Waals surface area contributed by atoms with Crippen LogP contribution in [0.3, 0.4) is 0 Å². The maximum Gasteiger partial charge on any atom is 0.249 e. The monoisotopic (exact) mass is 449 g/mol. The van der Waals surface area contributed by atoms with E-state index in [1.165, 1.54) is 0 Å². The molecule has 33 heavy (non-hydrogen) atoms. The summed E-state index contributed by atoms with van der Waals surface area (Å²) < 4.78 is 10.4. The van der Waals surface area contributed by atoms with Crippen LogP contribution in [0.15, 0.2) is 53.5 Å². The Morgan fingerprint density at radius 2 is 1.73 bits per heavy atom. The van der Waals surface area contributed by atoms with E-state index in [-0.39, 0.29) is 0 Å². The number of hydrogen-bond acceptors (Lipinski definition) is 6. The molecule has 0 radical (unpaired) electrons. The Hall–Kier alpha value is -3.71. The SMILES string of the molecule is CC=Nc1cc(OC)c(OC)cc1C.Cc1ccc(C(C)O)c(-c2ccccc2C(N)=O)n1. The minimum atomic E-state index is -0.663. The smallest absolute Gasteiger partial charge is 0.249 e. The average molecular weight is 450 g/mol. The van der Waals surface area contributed by atoms with Gasteiger partial charge in [0, 0.05) is 34.7 Å². The number of benzene rings is 2. The first-order chi connectivity index (χ1) is 15.7. The second-order valence-corrected chi connectivity index (χ2v) is 7.36. The van der Waals surface area contributed by atoms with Crippen LogP contribution in [0, 0.1) is 13.8 Å². The first-order valence-corrected chi connectivity index (χ1v) is 10.5. The molecule has 7 heteroatoms. The van der Waals surface area contributed by atoms with Crippen molar-refractivity contribution in [2.45, 2.75) is 33.8 Å². The molecule has 3 aromatic rings. The molecule has 0 saturated carbocycles. The lowest BCUT2D eigenvalue weighted by Gasteiger charge is -2.14. The number of carbonyl (C=O) groups excluding carboxylic acids is 1. The molecule has 0 aliphatic heterocycles. The predicted octanol–water partition coefficient (Wildman–Crippen LogP) is 4.94. The van der Waals surface area contributed by atoms with Crippen molar-refractivity contribution < 1.29 is 19.4 Å². The minimum Gasteiger partial charge on any atom is -0.493 e. The van der Waals surface area contributed by atoms with E-state index in [0.717, 1.165) is 22.7 Å². The van der Waals surface area contributed by atoms with E-state index in [0.29, 0.717) is 28.1 Å². The molecule has 0 saturated heterocycles. The number of aliphatic hydroxyl groups is 1. The van der Waals surface area contributed by atoms with Crippen molar-refractivity contribution in [1.82, 2.24) is 4.98 Å². The lowest BCUT2D eigenvalue weighted by molar-refractivity contribution is 0.100. The number of ether oxygens (including phenoxy) is 2. The first-order valence-electron chi connectivity index (χ1n) is 10.5. The third-order valence-electron chi connectivity index (χ3n) is 4.93. The van der Waals surface area contributed by atoms with Gasteiger partial charge in [-0.05, 0) is 51.5 Å². The average Bonchev–Trinajstić information content (AvgIpc) is 2.80. The van der Waals surface area contributed by atoms with Gasteiger partial charge in [-0.1, -0.05) is 24.3 Å². The Morgan fingerprint density at radius 1 is 1.09 bits per heavy atom. The number of aryl methyl sites for hydroxylation is 2. The van der Waals surface area contributed by atoms with Gasteiger partial charge in [-0.15, -0.1) is 0 Å². The molecule has 0 aliphatic rings.